The molecule has 18 heavy (non-hydrogen) atoms. The average molecular weight is 242 g/mol. The van der Waals surface area contributed by atoms with Crippen LogP contribution in [0, 0.1) is 5.82 Å². The van der Waals surface area contributed by atoms with Crippen LogP contribution in [0.15, 0.2) is 48.5 Å². The Morgan fingerprint density at radius 2 is 1.89 bits per heavy atom. The predicted molar refractivity (Wildman–Crippen MR) is 66.9 cm³/mol. The van der Waals surface area contributed by atoms with E-state index in [0.29, 0.717) is 5.69 Å². The van der Waals surface area contributed by atoms with Gasteiger partial charge in [-0.1, -0.05) is 24.3 Å². The molecule has 1 unspecified atom stereocenters. The van der Waals surface area contributed by atoms with Crippen LogP contribution in [-0.4, -0.2) is 5.91 Å². The van der Waals surface area contributed by atoms with Gasteiger partial charge in [-0.05, 0) is 24.3 Å². The molecule has 0 aliphatic carbocycles. The van der Waals surface area contributed by atoms with E-state index in [0.717, 1.165) is 11.3 Å². The number of carbonyl (C=O) groups excluding carboxylic acids is 1. The molecule has 0 aromatic heterocycles. The molecule has 3 nitrogen and oxygen atoms in total. The van der Waals surface area contributed by atoms with Crippen molar-refractivity contribution in [1.82, 2.24) is 0 Å². The van der Waals surface area contributed by atoms with Gasteiger partial charge in [0.1, 0.15) is 11.9 Å². The molecule has 2 aromatic rings. The van der Waals surface area contributed by atoms with Crippen molar-refractivity contribution >= 4 is 17.3 Å². The molecule has 0 saturated carbocycles. The summed E-state index contributed by atoms with van der Waals surface area (Å²) in [5.41, 5.74) is 7.86. The van der Waals surface area contributed by atoms with Crippen molar-refractivity contribution in [3.8, 4) is 0 Å². The normalized spacial score (nSPS) is 18.0. The van der Waals surface area contributed by atoms with Gasteiger partial charge in [0.05, 0.1) is 11.4 Å². The molecule has 0 radical (unpaired) electrons. The third-order valence-corrected chi connectivity index (χ3v) is 3.07. The van der Waals surface area contributed by atoms with Crippen LogP contribution < -0.4 is 10.6 Å². The van der Waals surface area contributed by atoms with Gasteiger partial charge < -0.3 is 5.73 Å². The second-order valence-corrected chi connectivity index (χ2v) is 4.19. The third-order valence-electron chi connectivity index (χ3n) is 3.07. The minimum atomic E-state index is -0.676. The van der Waals surface area contributed by atoms with Gasteiger partial charge in [-0.15, -0.1) is 0 Å². The molecular weight excluding hydrogens is 231 g/mol. The fourth-order valence-corrected chi connectivity index (χ4v) is 2.23. The lowest BCUT2D eigenvalue weighted by Gasteiger charge is -2.17. The van der Waals surface area contributed by atoms with Gasteiger partial charge in [-0.2, -0.15) is 0 Å². The topological polar surface area (TPSA) is 46.3 Å². The SMILES string of the molecule is NC1C(=O)N(c2cccc(F)c2)c2ccccc21. The number of carbonyl (C=O) groups is 1. The molecule has 1 amide bonds. The van der Waals surface area contributed by atoms with Crippen LogP contribution in [0.2, 0.25) is 0 Å². The third kappa shape index (κ3) is 1.50. The summed E-state index contributed by atoms with van der Waals surface area (Å²) in [7, 11) is 0. The molecule has 1 heterocycles. The molecule has 1 aliphatic heterocycles. The van der Waals surface area contributed by atoms with Crippen molar-refractivity contribution in [2.45, 2.75) is 6.04 Å². The number of halogens is 1. The van der Waals surface area contributed by atoms with E-state index in [9.17, 15) is 9.18 Å². The van der Waals surface area contributed by atoms with E-state index in [-0.39, 0.29) is 11.7 Å². The van der Waals surface area contributed by atoms with Gasteiger partial charge in [0.15, 0.2) is 0 Å². The van der Waals surface area contributed by atoms with Crippen LogP contribution in [0.1, 0.15) is 11.6 Å². The van der Waals surface area contributed by atoms with Crippen LogP contribution in [0.25, 0.3) is 0 Å². The minimum absolute atomic E-state index is 0.234. The summed E-state index contributed by atoms with van der Waals surface area (Å²) in [5, 5.41) is 0. The lowest BCUT2D eigenvalue weighted by atomic mass is 10.1. The van der Waals surface area contributed by atoms with Crippen molar-refractivity contribution < 1.29 is 9.18 Å². The Hall–Kier alpha value is -2.20. The number of benzene rings is 2. The maximum atomic E-state index is 13.3. The average Bonchev–Trinajstić information content (AvgIpc) is 2.63. The largest absolute Gasteiger partial charge is 0.316 e. The summed E-state index contributed by atoms with van der Waals surface area (Å²) < 4.78 is 13.3. The fourth-order valence-electron chi connectivity index (χ4n) is 2.23. The molecule has 0 bridgehead atoms. The number of rotatable bonds is 1. The molecule has 0 spiro atoms. The molecular formula is C14H11FN2O. The molecule has 2 N–H and O–H groups in total. The standard InChI is InChI=1S/C14H11FN2O/c15-9-4-3-5-10(8-9)17-12-7-2-1-6-11(12)13(16)14(17)18/h1-8,13H,16H2. The van der Waals surface area contributed by atoms with Gasteiger partial charge in [0, 0.05) is 5.56 Å². The molecule has 0 saturated heterocycles. The van der Waals surface area contributed by atoms with Crippen molar-refractivity contribution in [3.05, 3.63) is 59.9 Å². The molecule has 3 rings (SSSR count). The Bertz CT molecular complexity index is 627. The van der Waals surface area contributed by atoms with Crippen molar-refractivity contribution in [1.29, 1.82) is 0 Å². The van der Waals surface area contributed by atoms with Crippen LogP contribution in [0.5, 0.6) is 0 Å². The first-order valence-electron chi connectivity index (χ1n) is 5.62. The number of hydrogen-bond acceptors (Lipinski definition) is 2. The smallest absolute Gasteiger partial charge is 0.253 e. The number of amides is 1. The summed E-state index contributed by atoms with van der Waals surface area (Å²) in [6, 6.07) is 12.5. The highest BCUT2D eigenvalue weighted by molar-refractivity contribution is 6.09. The minimum Gasteiger partial charge on any atom is -0.316 e. The summed E-state index contributed by atoms with van der Waals surface area (Å²) in [5.74, 6) is -0.611. The monoisotopic (exact) mass is 242 g/mol. The first kappa shape index (κ1) is 10.9. The zero-order chi connectivity index (χ0) is 12.7. The van der Waals surface area contributed by atoms with Gasteiger partial charge in [0.25, 0.3) is 5.91 Å². The van der Waals surface area contributed by atoms with Gasteiger partial charge >= 0.3 is 0 Å². The second kappa shape index (κ2) is 3.92. The second-order valence-electron chi connectivity index (χ2n) is 4.19. The maximum Gasteiger partial charge on any atom is 0.253 e. The first-order valence-corrected chi connectivity index (χ1v) is 5.62. The molecule has 1 atom stereocenters. The summed E-state index contributed by atoms with van der Waals surface area (Å²) in [6.07, 6.45) is 0. The molecule has 4 heteroatoms. The lowest BCUT2D eigenvalue weighted by Crippen LogP contribution is -2.27. The number of fused-ring (bicyclic) bond motifs is 1. The number of nitrogens with zero attached hydrogens (tertiary/aromatic N) is 1. The summed E-state index contributed by atoms with van der Waals surface area (Å²) in [6.45, 7) is 0. The van der Waals surface area contributed by atoms with E-state index in [1.807, 2.05) is 24.3 Å². The first-order chi connectivity index (χ1) is 8.68. The molecule has 1 aliphatic rings. The Morgan fingerprint density at radius 1 is 1.11 bits per heavy atom. The fraction of sp³-hybridized carbons (Fsp3) is 0.0714. The summed E-state index contributed by atoms with van der Waals surface area (Å²) >= 11 is 0. The van der Waals surface area contributed by atoms with Crippen molar-refractivity contribution in [2.75, 3.05) is 4.90 Å². The summed E-state index contributed by atoms with van der Waals surface area (Å²) in [4.78, 5) is 13.6. The highest BCUT2D eigenvalue weighted by atomic mass is 19.1. The van der Waals surface area contributed by atoms with E-state index in [1.165, 1.54) is 17.0 Å². The quantitative estimate of drug-likeness (QED) is 0.835. The Morgan fingerprint density at radius 3 is 2.67 bits per heavy atom. The number of anilines is 2. The van der Waals surface area contributed by atoms with Crippen LogP contribution in [-0.2, 0) is 4.79 Å². The van der Waals surface area contributed by atoms with E-state index < -0.39 is 6.04 Å². The molecule has 90 valence electrons. The van der Waals surface area contributed by atoms with Gasteiger partial charge in [-0.3, -0.25) is 9.69 Å². The van der Waals surface area contributed by atoms with Crippen LogP contribution in [0.4, 0.5) is 15.8 Å². The maximum absolute atomic E-state index is 13.3. The van der Waals surface area contributed by atoms with E-state index in [1.54, 1.807) is 12.1 Å². The predicted octanol–water partition coefficient (Wildman–Crippen LogP) is 2.50. The zero-order valence-electron chi connectivity index (χ0n) is 9.51. The zero-order valence-corrected chi connectivity index (χ0v) is 9.51. The molecule has 2 aromatic carbocycles. The molecule has 0 fully saturated rings. The van der Waals surface area contributed by atoms with Crippen molar-refractivity contribution in [3.63, 3.8) is 0 Å². The number of hydrogen-bond donors (Lipinski definition) is 1. The Labute approximate surface area is 104 Å². The van der Waals surface area contributed by atoms with E-state index in [4.69, 9.17) is 5.73 Å². The van der Waals surface area contributed by atoms with Gasteiger partial charge in [0.2, 0.25) is 0 Å². The van der Waals surface area contributed by atoms with Crippen LogP contribution >= 0.6 is 0 Å². The van der Waals surface area contributed by atoms with E-state index >= 15 is 0 Å². The number of para-hydroxylation sites is 1. The highest BCUT2D eigenvalue weighted by Crippen LogP contribution is 2.39. The number of nitrogens with two attached hydrogens (primary N) is 1. The van der Waals surface area contributed by atoms with Crippen molar-refractivity contribution in [2.24, 2.45) is 5.73 Å². The van der Waals surface area contributed by atoms with Crippen LogP contribution in [0.3, 0.4) is 0 Å². The lowest BCUT2D eigenvalue weighted by molar-refractivity contribution is -0.118. The Balaban J connectivity index is 2.16. The van der Waals surface area contributed by atoms with E-state index in [2.05, 4.69) is 0 Å². The highest BCUT2D eigenvalue weighted by Gasteiger charge is 2.35. The Kier molecular flexibility index (Phi) is 2.38. The van der Waals surface area contributed by atoms with Gasteiger partial charge in [-0.25, -0.2) is 4.39 Å².